The Bertz CT molecular complexity index is 576. The zero-order chi connectivity index (χ0) is 15.2. The van der Waals surface area contributed by atoms with Crippen molar-refractivity contribution >= 4 is 12.0 Å². The summed E-state index contributed by atoms with van der Waals surface area (Å²) < 4.78 is 0. The van der Waals surface area contributed by atoms with Crippen LogP contribution in [0.15, 0.2) is 24.3 Å². The third-order valence-electron chi connectivity index (χ3n) is 4.97. The van der Waals surface area contributed by atoms with Gasteiger partial charge in [-0.15, -0.1) is 0 Å². The molecular formula is C16H20N2O3. The van der Waals surface area contributed by atoms with E-state index in [0.717, 1.165) is 0 Å². The van der Waals surface area contributed by atoms with Crippen LogP contribution in [0.2, 0.25) is 0 Å². The lowest BCUT2D eigenvalue weighted by molar-refractivity contribution is -0.148. The predicted octanol–water partition coefficient (Wildman–Crippen LogP) is 2.16. The van der Waals surface area contributed by atoms with E-state index in [1.807, 2.05) is 31.2 Å². The molecule has 0 spiro atoms. The molecule has 1 fully saturated rings. The molecule has 5 nitrogen and oxygen atoms in total. The molecule has 0 aliphatic carbocycles. The second-order valence-corrected chi connectivity index (χ2v) is 6.41. The Morgan fingerprint density at radius 3 is 2.24 bits per heavy atom. The van der Waals surface area contributed by atoms with Crippen molar-refractivity contribution < 1.29 is 14.7 Å². The summed E-state index contributed by atoms with van der Waals surface area (Å²) in [5.74, 6) is -0.862. The van der Waals surface area contributed by atoms with Crippen molar-refractivity contribution in [1.82, 2.24) is 9.80 Å². The largest absolute Gasteiger partial charge is 0.481 e. The van der Waals surface area contributed by atoms with Crippen molar-refractivity contribution in [3.8, 4) is 0 Å². The molecule has 0 bridgehead atoms. The second kappa shape index (κ2) is 4.76. The lowest BCUT2D eigenvalue weighted by atomic mass is 9.81. The smallest absolute Gasteiger partial charge is 0.320 e. The van der Waals surface area contributed by atoms with Gasteiger partial charge in [-0.2, -0.15) is 0 Å². The number of carboxylic acid groups (broad SMARTS) is 1. The van der Waals surface area contributed by atoms with Gasteiger partial charge in [0, 0.05) is 26.2 Å². The van der Waals surface area contributed by atoms with Crippen LogP contribution in [0.25, 0.3) is 0 Å². The highest BCUT2D eigenvalue weighted by Gasteiger charge is 2.48. The van der Waals surface area contributed by atoms with E-state index in [1.54, 1.807) is 16.7 Å². The normalized spacial score (nSPS) is 27.8. The number of urea groups is 1. The minimum absolute atomic E-state index is 0.0380. The first-order valence-electron chi connectivity index (χ1n) is 7.26. The number of hydrogen-bond acceptors (Lipinski definition) is 2. The van der Waals surface area contributed by atoms with Crippen molar-refractivity contribution in [1.29, 1.82) is 0 Å². The molecule has 1 N–H and O–H groups in total. The Balaban J connectivity index is 1.73. The fourth-order valence-electron chi connectivity index (χ4n) is 3.24. The van der Waals surface area contributed by atoms with Crippen molar-refractivity contribution in [2.75, 3.05) is 13.1 Å². The summed E-state index contributed by atoms with van der Waals surface area (Å²) in [6.07, 6.45) is 0. The third-order valence-corrected chi connectivity index (χ3v) is 4.97. The van der Waals surface area contributed by atoms with Crippen LogP contribution in [0.5, 0.6) is 0 Å². The van der Waals surface area contributed by atoms with Gasteiger partial charge in [0.05, 0.1) is 5.41 Å². The van der Waals surface area contributed by atoms with Crippen molar-refractivity contribution in [2.45, 2.75) is 26.9 Å². The summed E-state index contributed by atoms with van der Waals surface area (Å²) in [5, 5.41) is 9.40. The molecule has 0 aromatic heterocycles. The molecule has 0 unspecified atom stereocenters. The number of aliphatic carboxylic acids is 1. The number of nitrogens with zero attached hydrogens (tertiary/aromatic N) is 2. The van der Waals surface area contributed by atoms with Crippen LogP contribution >= 0.6 is 0 Å². The van der Waals surface area contributed by atoms with Crippen LogP contribution in [0, 0.1) is 11.3 Å². The van der Waals surface area contributed by atoms with Gasteiger partial charge in [0.2, 0.25) is 0 Å². The fourth-order valence-corrected chi connectivity index (χ4v) is 3.24. The molecule has 21 heavy (non-hydrogen) atoms. The molecule has 2 atom stereocenters. The molecule has 5 heteroatoms. The summed E-state index contributed by atoms with van der Waals surface area (Å²) in [6, 6.07) is 7.98. The number of carbonyl (C=O) groups excluding carboxylic acids is 1. The molecule has 0 saturated carbocycles. The lowest BCUT2D eigenvalue weighted by Gasteiger charge is -2.25. The van der Waals surface area contributed by atoms with Crippen molar-refractivity contribution in [3.05, 3.63) is 35.4 Å². The second-order valence-electron chi connectivity index (χ2n) is 6.41. The average molecular weight is 288 g/mol. The van der Waals surface area contributed by atoms with Gasteiger partial charge in [-0.25, -0.2) is 4.79 Å². The Morgan fingerprint density at radius 2 is 1.76 bits per heavy atom. The number of rotatable bonds is 1. The molecule has 2 heterocycles. The molecule has 1 aromatic carbocycles. The first kappa shape index (κ1) is 13.9. The zero-order valence-electron chi connectivity index (χ0n) is 12.4. The molecule has 3 rings (SSSR count). The summed E-state index contributed by atoms with van der Waals surface area (Å²) in [4.78, 5) is 27.6. The summed E-state index contributed by atoms with van der Waals surface area (Å²) in [6.45, 7) is 5.66. The van der Waals surface area contributed by atoms with Crippen LogP contribution in [0.1, 0.15) is 25.0 Å². The maximum atomic E-state index is 12.6. The Morgan fingerprint density at radius 1 is 1.19 bits per heavy atom. The van der Waals surface area contributed by atoms with Gasteiger partial charge in [-0.3, -0.25) is 4.79 Å². The summed E-state index contributed by atoms with van der Waals surface area (Å²) in [5.41, 5.74) is 1.51. The van der Waals surface area contributed by atoms with Gasteiger partial charge in [0.25, 0.3) is 0 Å². The molecule has 2 aliphatic rings. The number of fused-ring (bicyclic) bond motifs is 1. The van der Waals surface area contributed by atoms with Gasteiger partial charge in [0.15, 0.2) is 0 Å². The van der Waals surface area contributed by atoms with E-state index < -0.39 is 11.4 Å². The number of hydrogen-bond donors (Lipinski definition) is 1. The zero-order valence-corrected chi connectivity index (χ0v) is 12.4. The van der Waals surface area contributed by atoms with Crippen molar-refractivity contribution in [3.63, 3.8) is 0 Å². The Kier molecular flexibility index (Phi) is 3.15. The first-order chi connectivity index (χ1) is 9.91. The van der Waals surface area contributed by atoms with E-state index >= 15 is 0 Å². The number of likely N-dealkylation sites (tertiary alicyclic amines) is 1. The van der Waals surface area contributed by atoms with E-state index in [-0.39, 0.29) is 18.5 Å². The Hall–Kier alpha value is -2.04. The highest BCUT2D eigenvalue weighted by Crippen LogP contribution is 2.37. The van der Waals surface area contributed by atoms with Gasteiger partial charge in [-0.05, 0) is 24.0 Å². The van der Waals surface area contributed by atoms with Crippen molar-refractivity contribution in [2.24, 2.45) is 11.3 Å². The molecule has 1 saturated heterocycles. The van der Waals surface area contributed by atoms with Crippen LogP contribution in [-0.2, 0) is 17.9 Å². The minimum Gasteiger partial charge on any atom is -0.481 e. The minimum atomic E-state index is -0.845. The molecule has 2 amide bonds. The van der Waals surface area contributed by atoms with E-state index in [2.05, 4.69) is 0 Å². The van der Waals surface area contributed by atoms with E-state index in [9.17, 15) is 14.7 Å². The molecule has 0 radical (unpaired) electrons. The molecule has 1 aromatic rings. The van der Waals surface area contributed by atoms with Gasteiger partial charge in [-0.1, -0.05) is 31.2 Å². The van der Waals surface area contributed by atoms with Crippen LogP contribution < -0.4 is 0 Å². The van der Waals surface area contributed by atoms with E-state index in [0.29, 0.717) is 19.6 Å². The van der Waals surface area contributed by atoms with Gasteiger partial charge < -0.3 is 14.9 Å². The predicted molar refractivity (Wildman–Crippen MR) is 77.6 cm³/mol. The topological polar surface area (TPSA) is 60.9 Å². The SMILES string of the molecule is C[C@@H]1CN(C(=O)N2Cc3ccccc3C2)C[C@@]1(C)C(=O)O. The maximum absolute atomic E-state index is 12.6. The number of benzene rings is 1. The van der Waals surface area contributed by atoms with Crippen LogP contribution in [0.4, 0.5) is 4.79 Å². The van der Waals surface area contributed by atoms with Gasteiger partial charge >= 0.3 is 12.0 Å². The fraction of sp³-hybridized carbons (Fsp3) is 0.500. The van der Waals surface area contributed by atoms with E-state index in [1.165, 1.54) is 11.1 Å². The third kappa shape index (κ3) is 2.17. The summed E-state index contributed by atoms with van der Waals surface area (Å²) in [7, 11) is 0. The highest BCUT2D eigenvalue weighted by atomic mass is 16.4. The standard InChI is InChI=1S/C16H20N2O3/c1-11-7-18(10-16(11,2)14(19)20)15(21)17-8-12-5-3-4-6-13(12)9-17/h3-6,11H,7-10H2,1-2H3,(H,19,20)/t11-,16-/m1/s1. The summed E-state index contributed by atoms with van der Waals surface area (Å²) >= 11 is 0. The number of carboxylic acids is 1. The molecule has 112 valence electrons. The highest BCUT2D eigenvalue weighted by molar-refractivity contribution is 5.80. The monoisotopic (exact) mass is 288 g/mol. The van der Waals surface area contributed by atoms with E-state index in [4.69, 9.17) is 0 Å². The molecular weight excluding hydrogens is 268 g/mol. The quantitative estimate of drug-likeness (QED) is 0.861. The first-order valence-corrected chi connectivity index (χ1v) is 7.26. The van der Waals surface area contributed by atoms with Crippen LogP contribution in [0.3, 0.4) is 0 Å². The lowest BCUT2D eigenvalue weighted by Crippen LogP contribution is -2.41. The number of carbonyl (C=O) groups is 2. The number of amides is 2. The van der Waals surface area contributed by atoms with Crippen LogP contribution in [-0.4, -0.2) is 40.0 Å². The average Bonchev–Trinajstić information content (AvgIpc) is 3.01. The molecule has 2 aliphatic heterocycles. The maximum Gasteiger partial charge on any atom is 0.320 e. The Labute approximate surface area is 124 Å². The van der Waals surface area contributed by atoms with Gasteiger partial charge in [0.1, 0.15) is 0 Å².